The van der Waals surface area contributed by atoms with Crippen molar-refractivity contribution in [1.29, 1.82) is 0 Å². The number of hydrogen-bond acceptors (Lipinski definition) is 3. The number of unbranched alkanes of at least 4 members (excludes halogenated alkanes) is 7. The SMILES string of the molecule is CCCCCCCCCCC(=O)O[C@H]1CCC2C3CCC4=CC(=O)CCC4=C3[C@@H](C)C[C@@]21C. The molecule has 2 unspecified atom stereocenters. The summed E-state index contributed by atoms with van der Waals surface area (Å²) in [6.07, 6.45) is 19.8. The van der Waals surface area contributed by atoms with Crippen LogP contribution in [0.25, 0.3) is 0 Å². The highest BCUT2D eigenvalue weighted by Crippen LogP contribution is 2.62. The Labute approximate surface area is 201 Å². The van der Waals surface area contributed by atoms with Crippen LogP contribution < -0.4 is 0 Å². The maximum absolute atomic E-state index is 12.7. The fourth-order valence-electron chi connectivity index (χ4n) is 7.84. The highest BCUT2D eigenvalue weighted by molar-refractivity contribution is 5.93. The second-order valence-electron chi connectivity index (χ2n) is 11.7. The highest BCUT2D eigenvalue weighted by Gasteiger charge is 2.56. The van der Waals surface area contributed by atoms with Crippen LogP contribution in [0, 0.1) is 23.2 Å². The van der Waals surface area contributed by atoms with Crippen LogP contribution in [0.15, 0.2) is 22.8 Å². The molecule has 0 aromatic rings. The minimum absolute atomic E-state index is 0.0318. The number of allylic oxidation sites excluding steroid dienone is 4. The smallest absolute Gasteiger partial charge is 0.306 e. The van der Waals surface area contributed by atoms with Crippen LogP contribution in [0.3, 0.4) is 0 Å². The summed E-state index contributed by atoms with van der Waals surface area (Å²) in [5.41, 5.74) is 4.62. The molecule has 0 heterocycles. The van der Waals surface area contributed by atoms with Crippen molar-refractivity contribution in [1.82, 2.24) is 0 Å². The molecule has 0 N–H and O–H groups in total. The van der Waals surface area contributed by atoms with Gasteiger partial charge < -0.3 is 4.74 Å². The van der Waals surface area contributed by atoms with Crippen molar-refractivity contribution >= 4 is 11.8 Å². The molecule has 5 atom stereocenters. The Morgan fingerprint density at radius 1 is 1.00 bits per heavy atom. The Morgan fingerprint density at radius 2 is 1.73 bits per heavy atom. The Kier molecular flexibility index (Phi) is 8.18. The summed E-state index contributed by atoms with van der Waals surface area (Å²) in [6, 6.07) is 0. The van der Waals surface area contributed by atoms with Crippen molar-refractivity contribution in [3.63, 3.8) is 0 Å². The van der Waals surface area contributed by atoms with Gasteiger partial charge in [-0.25, -0.2) is 0 Å². The lowest BCUT2D eigenvalue weighted by molar-refractivity contribution is -0.157. The average Bonchev–Trinajstić information content (AvgIpc) is 3.10. The van der Waals surface area contributed by atoms with E-state index in [-0.39, 0.29) is 17.5 Å². The first-order valence-corrected chi connectivity index (χ1v) is 14.1. The number of ketones is 1. The number of esters is 1. The van der Waals surface area contributed by atoms with E-state index in [2.05, 4.69) is 20.8 Å². The van der Waals surface area contributed by atoms with Gasteiger partial charge in [-0.3, -0.25) is 9.59 Å². The zero-order valence-electron chi connectivity index (χ0n) is 21.4. The molecule has 2 fully saturated rings. The van der Waals surface area contributed by atoms with E-state index < -0.39 is 0 Å². The molecule has 0 aromatic heterocycles. The van der Waals surface area contributed by atoms with E-state index in [1.807, 2.05) is 6.08 Å². The Bertz CT molecular complexity index is 790. The molecule has 184 valence electrons. The van der Waals surface area contributed by atoms with Crippen LogP contribution in [0.4, 0.5) is 0 Å². The van der Waals surface area contributed by atoms with Crippen molar-refractivity contribution in [3.8, 4) is 0 Å². The number of hydrogen-bond donors (Lipinski definition) is 0. The summed E-state index contributed by atoms with van der Waals surface area (Å²) in [7, 11) is 0. The van der Waals surface area contributed by atoms with Crippen molar-refractivity contribution < 1.29 is 14.3 Å². The molecule has 4 rings (SSSR count). The zero-order valence-corrected chi connectivity index (χ0v) is 21.4. The largest absolute Gasteiger partial charge is 0.462 e. The van der Waals surface area contributed by atoms with Gasteiger partial charge in [0.1, 0.15) is 6.10 Å². The minimum Gasteiger partial charge on any atom is -0.462 e. The van der Waals surface area contributed by atoms with E-state index in [4.69, 9.17) is 4.74 Å². The molecule has 0 radical (unpaired) electrons. The fourth-order valence-corrected chi connectivity index (χ4v) is 7.84. The molecule has 0 amide bonds. The molecule has 4 aliphatic rings. The van der Waals surface area contributed by atoms with Gasteiger partial charge in [-0.1, -0.05) is 71.3 Å². The topological polar surface area (TPSA) is 43.4 Å². The summed E-state index contributed by atoms with van der Waals surface area (Å²) in [6.45, 7) is 7.05. The van der Waals surface area contributed by atoms with Crippen LogP contribution in [0.2, 0.25) is 0 Å². The molecular weight excluding hydrogens is 408 g/mol. The van der Waals surface area contributed by atoms with Crippen molar-refractivity contribution in [2.45, 2.75) is 130 Å². The number of fused-ring (bicyclic) bond motifs is 4. The van der Waals surface area contributed by atoms with E-state index in [1.54, 1.807) is 5.57 Å². The molecule has 0 aliphatic heterocycles. The first-order chi connectivity index (χ1) is 15.9. The first-order valence-electron chi connectivity index (χ1n) is 14.1. The maximum Gasteiger partial charge on any atom is 0.306 e. The van der Waals surface area contributed by atoms with Gasteiger partial charge in [-0.2, -0.15) is 0 Å². The zero-order chi connectivity index (χ0) is 23.4. The van der Waals surface area contributed by atoms with E-state index in [0.29, 0.717) is 36.4 Å². The fraction of sp³-hybridized carbons (Fsp3) is 0.800. The molecule has 0 spiro atoms. The van der Waals surface area contributed by atoms with Gasteiger partial charge in [-0.05, 0) is 79.9 Å². The van der Waals surface area contributed by atoms with Crippen molar-refractivity contribution in [2.24, 2.45) is 23.2 Å². The van der Waals surface area contributed by atoms with Crippen LogP contribution in [-0.2, 0) is 14.3 Å². The molecule has 0 bridgehead atoms. The van der Waals surface area contributed by atoms with Gasteiger partial charge in [0, 0.05) is 18.3 Å². The van der Waals surface area contributed by atoms with Crippen molar-refractivity contribution in [2.75, 3.05) is 0 Å². The van der Waals surface area contributed by atoms with Gasteiger partial charge in [0.15, 0.2) is 5.78 Å². The lowest BCUT2D eigenvalue weighted by Crippen LogP contribution is -2.46. The summed E-state index contributed by atoms with van der Waals surface area (Å²) >= 11 is 0. The Balaban J connectivity index is 1.31. The third kappa shape index (κ3) is 5.33. The predicted octanol–water partition coefficient (Wildman–Crippen LogP) is 7.88. The first kappa shape index (κ1) is 24.7. The predicted molar refractivity (Wildman–Crippen MR) is 134 cm³/mol. The van der Waals surface area contributed by atoms with E-state index >= 15 is 0 Å². The number of carbonyl (C=O) groups excluding carboxylic acids is 2. The van der Waals surface area contributed by atoms with Gasteiger partial charge in [-0.15, -0.1) is 0 Å². The number of carbonyl (C=O) groups is 2. The van der Waals surface area contributed by atoms with E-state index in [0.717, 1.165) is 38.5 Å². The number of ether oxygens (including phenoxy) is 1. The molecule has 33 heavy (non-hydrogen) atoms. The molecule has 0 aromatic carbocycles. The number of rotatable bonds is 10. The van der Waals surface area contributed by atoms with Crippen molar-refractivity contribution in [3.05, 3.63) is 22.8 Å². The monoisotopic (exact) mass is 454 g/mol. The third-order valence-electron chi connectivity index (χ3n) is 9.41. The summed E-state index contributed by atoms with van der Waals surface area (Å²) in [5, 5.41) is 0. The Hall–Kier alpha value is -1.38. The van der Waals surface area contributed by atoms with Crippen LogP contribution in [0.5, 0.6) is 0 Å². The summed E-state index contributed by atoms with van der Waals surface area (Å²) < 4.78 is 6.18. The lowest BCUT2D eigenvalue weighted by Gasteiger charge is -2.51. The average molecular weight is 455 g/mol. The molecular formula is C30H46O3. The van der Waals surface area contributed by atoms with Crippen LogP contribution in [-0.4, -0.2) is 17.9 Å². The summed E-state index contributed by atoms with van der Waals surface area (Å²) in [4.78, 5) is 24.7. The maximum atomic E-state index is 12.7. The minimum atomic E-state index is 0.0318. The van der Waals surface area contributed by atoms with Gasteiger partial charge in [0.05, 0.1) is 0 Å². The molecule has 3 heteroatoms. The second kappa shape index (κ2) is 10.9. The quantitative estimate of drug-likeness (QED) is 0.249. The lowest BCUT2D eigenvalue weighted by atomic mass is 9.54. The van der Waals surface area contributed by atoms with E-state index in [1.165, 1.54) is 62.5 Å². The van der Waals surface area contributed by atoms with Gasteiger partial charge >= 0.3 is 5.97 Å². The highest BCUT2D eigenvalue weighted by atomic mass is 16.5. The Morgan fingerprint density at radius 3 is 2.48 bits per heavy atom. The third-order valence-corrected chi connectivity index (χ3v) is 9.41. The molecule has 4 aliphatic carbocycles. The van der Waals surface area contributed by atoms with E-state index in [9.17, 15) is 9.59 Å². The van der Waals surface area contributed by atoms with Crippen LogP contribution in [0.1, 0.15) is 124 Å². The molecule has 0 saturated heterocycles. The molecule has 2 saturated carbocycles. The van der Waals surface area contributed by atoms with Gasteiger partial charge in [0.2, 0.25) is 0 Å². The normalized spacial score (nSPS) is 33.3. The van der Waals surface area contributed by atoms with Gasteiger partial charge in [0.25, 0.3) is 0 Å². The second-order valence-corrected chi connectivity index (χ2v) is 11.7. The summed E-state index contributed by atoms with van der Waals surface area (Å²) in [5.74, 6) is 2.11. The molecule has 3 nitrogen and oxygen atoms in total. The van der Waals surface area contributed by atoms with Crippen LogP contribution >= 0.6 is 0 Å². The standard InChI is InChI=1S/C30H46O3/c1-4-5-6-7-8-9-10-11-12-28(32)33-27-18-17-26-25-15-13-22-19-23(31)14-16-24(22)29(25)21(2)20-30(26,27)3/h19,21,25-27H,4-18,20H2,1-3H3/t21-,25?,26?,27-,30-/m0/s1.